The molecule has 0 aromatic heterocycles. The van der Waals surface area contributed by atoms with Crippen molar-refractivity contribution in [2.75, 3.05) is 25.5 Å². The van der Waals surface area contributed by atoms with Crippen LogP contribution in [0.2, 0.25) is 0 Å². The summed E-state index contributed by atoms with van der Waals surface area (Å²) in [6.45, 7) is 2.41. The third kappa shape index (κ3) is 4.44. The van der Waals surface area contributed by atoms with Crippen molar-refractivity contribution in [2.45, 2.75) is 32.2 Å². The van der Waals surface area contributed by atoms with Gasteiger partial charge in [0.2, 0.25) is 17.7 Å². The van der Waals surface area contributed by atoms with E-state index in [0.29, 0.717) is 25.1 Å². The van der Waals surface area contributed by atoms with Crippen molar-refractivity contribution in [2.24, 2.45) is 23.7 Å². The van der Waals surface area contributed by atoms with Crippen molar-refractivity contribution in [3.05, 3.63) is 54.6 Å². The number of aliphatic hydroxyl groups is 1. The lowest BCUT2D eigenvalue weighted by Crippen LogP contribution is -2.45. The summed E-state index contributed by atoms with van der Waals surface area (Å²) in [6, 6.07) is 13.0. The molecule has 2 aliphatic rings. The van der Waals surface area contributed by atoms with Gasteiger partial charge in [0.05, 0.1) is 11.8 Å². The van der Waals surface area contributed by atoms with Gasteiger partial charge < -0.3 is 20.6 Å². The van der Waals surface area contributed by atoms with E-state index >= 15 is 0 Å². The van der Waals surface area contributed by atoms with Crippen molar-refractivity contribution in [1.29, 1.82) is 0 Å². The van der Waals surface area contributed by atoms with Crippen molar-refractivity contribution >= 4 is 34.2 Å². The number of carbonyl (C=O) groups excluding carboxylic acids is 3. The van der Waals surface area contributed by atoms with Gasteiger partial charge in [0.15, 0.2) is 0 Å². The standard InChI is InChI=1S/C27H33N3O4/c1-3-17-11-13-21-23(22(17)25(32)28-2)27(34)30(14-6-7-15-31)24(21)26(33)29-20-12-10-18-8-4-5-9-19(18)16-20/h4-5,8-13,16-17,21-24,31H,3,6-7,14-15H2,1-2H3,(H,28,32)(H,29,33)/t17-,21+,22-,23-,24+/m1/s1. The Balaban J connectivity index is 1.66. The molecule has 2 aromatic rings. The Morgan fingerprint density at radius 2 is 1.79 bits per heavy atom. The molecule has 7 heteroatoms. The minimum Gasteiger partial charge on any atom is -0.396 e. The van der Waals surface area contributed by atoms with Crippen LogP contribution in [-0.4, -0.2) is 54.0 Å². The van der Waals surface area contributed by atoms with E-state index in [1.54, 1.807) is 11.9 Å². The summed E-state index contributed by atoms with van der Waals surface area (Å²) >= 11 is 0. The highest BCUT2D eigenvalue weighted by atomic mass is 16.3. The maximum absolute atomic E-state index is 13.6. The van der Waals surface area contributed by atoms with Gasteiger partial charge >= 0.3 is 0 Å². The second-order valence-electron chi connectivity index (χ2n) is 9.16. The first-order chi connectivity index (χ1) is 16.5. The van der Waals surface area contributed by atoms with Crippen LogP contribution in [0.15, 0.2) is 54.6 Å². The predicted molar refractivity (Wildman–Crippen MR) is 132 cm³/mol. The fraction of sp³-hybridized carbons (Fsp3) is 0.444. The SMILES string of the molecule is CC[C@@H]1C=C[C@H]2[C@@H](C(=O)N(CCCCO)[C@@H]2C(=O)Nc2ccc3ccccc3c2)[C@@H]1C(=O)NC. The van der Waals surface area contributed by atoms with Crippen molar-refractivity contribution in [3.63, 3.8) is 0 Å². The van der Waals surface area contributed by atoms with Crippen LogP contribution in [0, 0.1) is 23.7 Å². The Morgan fingerprint density at radius 1 is 1.03 bits per heavy atom. The Hall–Kier alpha value is -3.19. The van der Waals surface area contributed by atoms with Gasteiger partial charge in [-0.25, -0.2) is 0 Å². The summed E-state index contributed by atoms with van der Waals surface area (Å²) in [4.78, 5) is 41.7. The zero-order chi connectivity index (χ0) is 24.2. The Labute approximate surface area is 200 Å². The molecule has 7 nitrogen and oxygen atoms in total. The van der Waals surface area contributed by atoms with Crippen LogP contribution < -0.4 is 10.6 Å². The Bertz CT molecular complexity index is 1100. The molecule has 0 spiro atoms. The molecule has 3 N–H and O–H groups in total. The lowest BCUT2D eigenvalue weighted by molar-refractivity contribution is -0.140. The first kappa shape index (κ1) is 24.0. The second kappa shape index (κ2) is 10.4. The largest absolute Gasteiger partial charge is 0.396 e. The highest BCUT2D eigenvalue weighted by Gasteiger charge is 2.56. The second-order valence-corrected chi connectivity index (χ2v) is 9.16. The van der Waals surface area contributed by atoms with E-state index in [4.69, 9.17) is 0 Å². The summed E-state index contributed by atoms with van der Waals surface area (Å²) in [5.74, 6) is -2.08. The van der Waals surface area contributed by atoms with E-state index in [1.807, 2.05) is 61.5 Å². The molecule has 1 fully saturated rings. The van der Waals surface area contributed by atoms with E-state index in [2.05, 4.69) is 10.6 Å². The Kier molecular flexibility index (Phi) is 7.32. The van der Waals surface area contributed by atoms with Crippen LogP contribution in [0.4, 0.5) is 5.69 Å². The number of amides is 3. The number of hydrogen-bond donors (Lipinski definition) is 3. The number of hydrogen-bond acceptors (Lipinski definition) is 4. The molecule has 4 rings (SSSR count). The zero-order valence-electron chi connectivity index (χ0n) is 19.7. The molecule has 1 aliphatic heterocycles. The number of carbonyl (C=O) groups is 3. The van der Waals surface area contributed by atoms with Crippen molar-refractivity contribution in [1.82, 2.24) is 10.2 Å². The molecule has 34 heavy (non-hydrogen) atoms. The first-order valence-electron chi connectivity index (χ1n) is 12.1. The summed E-state index contributed by atoms with van der Waals surface area (Å²) < 4.78 is 0. The number of fused-ring (bicyclic) bond motifs is 2. The van der Waals surface area contributed by atoms with Gasteiger partial charge in [-0.2, -0.15) is 0 Å². The fourth-order valence-electron chi connectivity index (χ4n) is 5.53. The molecule has 1 heterocycles. The molecular weight excluding hydrogens is 430 g/mol. The third-order valence-electron chi connectivity index (χ3n) is 7.23. The highest BCUT2D eigenvalue weighted by molar-refractivity contribution is 6.02. The monoisotopic (exact) mass is 463 g/mol. The molecule has 1 saturated heterocycles. The number of nitrogens with one attached hydrogen (secondary N) is 2. The maximum Gasteiger partial charge on any atom is 0.247 e. The van der Waals surface area contributed by atoms with Gasteiger partial charge in [0, 0.05) is 31.8 Å². The number of benzene rings is 2. The van der Waals surface area contributed by atoms with E-state index in [9.17, 15) is 19.5 Å². The van der Waals surface area contributed by atoms with E-state index in [0.717, 1.165) is 17.2 Å². The molecule has 1 aliphatic carbocycles. The molecule has 2 aromatic carbocycles. The van der Waals surface area contributed by atoms with Crippen molar-refractivity contribution < 1.29 is 19.5 Å². The lowest BCUT2D eigenvalue weighted by atomic mass is 9.69. The number of rotatable bonds is 8. The van der Waals surface area contributed by atoms with E-state index < -0.39 is 17.9 Å². The predicted octanol–water partition coefficient (Wildman–Crippen LogP) is 2.95. The fourth-order valence-corrected chi connectivity index (χ4v) is 5.53. The summed E-state index contributed by atoms with van der Waals surface area (Å²) in [7, 11) is 1.59. The van der Waals surface area contributed by atoms with E-state index in [-0.39, 0.29) is 36.2 Å². The molecule has 0 bridgehead atoms. The summed E-state index contributed by atoms with van der Waals surface area (Å²) in [5.41, 5.74) is 0.670. The third-order valence-corrected chi connectivity index (χ3v) is 7.23. The highest BCUT2D eigenvalue weighted by Crippen LogP contribution is 2.45. The molecule has 180 valence electrons. The number of anilines is 1. The number of nitrogens with zero attached hydrogens (tertiary/aromatic N) is 1. The van der Waals surface area contributed by atoms with Crippen LogP contribution in [0.1, 0.15) is 26.2 Å². The molecular formula is C27H33N3O4. The van der Waals surface area contributed by atoms with Crippen LogP contribution in [0.5, 0.6) is 0 Å². The zero-order valence-corrected chi connectivity index (χ0v) is 19.7. The number of allylic oxidation sites excluding steroid dienone is 1. The number of unbranched alkanes of at least 4 members (excludes halogenated alkanes) is 1. The topological polar surface area (TPSA) is 98.7 Å². The summed E-state index contributed by atoms with van der Waals surface area (Å²) in [6.07, 6.45) is 5.84. The smallest absolute Gasteiger partial charge is 0.247 e. The normalized spacial score (nSPS) is 25.9. The minimum absolute atomic E-state index is 0.0293. The lowest BCUT2D eigenvalue weighted by Gasteiger charge is -2.33. The molecule has 3 amide bonds. The van der Waals surface area contributed by atoms with Crippen molar-refractivity contribution in [3.8, 4) is 0 Å². The van der Waals surface area contributed by atoms with Crippen LogP contribution in [-0.2, 0) is 14.4 Å². The average molecular weight is 464 g/mol. The molecule has 0 radical (unpaired) electrons. The molecule has 5 atom stereocenters. The van der Waals surface area contributed by atoms with Gasteiger partial charge in [0.1, 0.15) is 6.04 Å². The van der Waals surface area contributed by atoms with Gasteiger partial charge in [-0.3, -0.25) is 14.4 Å². The molecule has 0 saturated carbocycles. The quantitative estimate of drug-likeness (QED) is 0.414. The van der Waals surface area contributed by atoms with Gasteiger partial charge in [-0.15, -0.1) is 0 Å². The summed E-state index contributed by atoms with van der Waals surface area (Å²) in [5, 5.41) is 17.1. The number of aliphatic hydroxyl groups excluding tert-OH is 1. The molecule has 0 unspecified atom stereocenters. The van der Waals surface area contributed by atoms with Crippen LogP contribution in [0.3, 0.4) is 0 Å². The van der Waals surface area contributed by atoms with Gasteiger partial charge in [-0.05, 0) is 48.1 Å². The van der Waals surface area contributed by atoms with Gasteiger partial charge in [0.25, 0.3) is 0 Å². The van der Waals surface area contributed by atoms with Crippen LogP contribution >= 0.6 is 0 Å². The minimum atomic E-state index is -0.705. The first-order valence-corrected chi connectivity index (χ1v) is 12.1. The van der Waals surface area contributed by atoms with Gasteiger partial charge in [-0.1, -0.05) is 49.4 Å². The maximum atomic E-state index is 13.6. The average Bonchev–Trinajstić information content (AvgIpc) is 3.14. The number of likely N-dealkylation sites (tertiary alicyclic amines) is 1. The van der Waals surface area contributed by atoms with E-state index in [1.165, 1.54) is 0 Å². The van der Waals surface area contributed by atoms with Crippen LogP contribution in [0.25, 0.3) is 10.8 Å². The Morgan fingerprint density at radius 3 is 2.50 bits per heavy atom.